The van der Waals surface area contributed by atoms with Gasteiger partial charge in [0, 0.05) is 30.7 Å². The lowest BCUT2D eigenvalue weighted by Crippen LogP contribution is -2.50. The number of aromatic nitrogens is 4. The van der Waals surface area contributed by atoms with Crippen LogP contribution in [-0.2, 0) is 4.79 Å². The Bertz CT molecular complexity index is 733. The van der Waals surface area contributed by atoms with Gasteiger partial charge in [-0.2, -0.15) is 4.80 Å². The van der Waals surface area contributed by atoms with Crippen molar-refractivity contribution in [2.75, 3.05) is 7.05 Å². The Morgan fingerprint density at radius 3 is 2.60 bits per heavy atom. The Labute approximate surface area is 147 Å². The smallest absolute Gasteiger partial charge is 0.249 e. The van der Waals surface area contributed by atoms with Crippen molar-refractivity contribution in [1.82, 2.24) is 30.4 Å². The van der Waals surface area contributed by atoms with Crippen LogP contribution in [0, 0.1) is 0 Å². The summed E-state index contributed by atoms with van der Waals surface area (Å²) in [6, 6.07) is 10.6. The molecule has 7 nitrogen and oxygen atoms in total. The summed E-state index contributed by atoms with van der Waals surface area (Å²) in [5, 5.41) is 16.2. The van der Waals surface area contributed by atoms with Crippen molar-refractivity contribution in [2.24, 2.45) is 0 Å². The van der Waals surface area contributed by atoms with E-state index in [0.717, 1.165) is 18.4 Å². The van der Waals surface area contributed by atoms with Crippen LogP contribution in [-0.4, -0.2) is 56.2 Å². The molecule has 3 heterocycles. The molecule has 25 heavy (non-hydrogen) atoms. The first-order chi connectivity index (χ1) is 12.1. The molecular formula is C18H24N6O. The maximum Gasteiger partial charge on any atom is 0.249 e. The van der Waals surface area contributed by atoms with E-state index in [0.29, 0.717) is 23.9 Å². The SMILES string of the molecule is CC(C(=O)N(C)C1CC2CCC(C1)N2)n1nnc(-c2ccccc2)n1. The maximum atomic E-state index is 12.9. The van der Waals surface area contributed by atoms with E-state index in [9.17, 15) is 4.79 Å². The number of piperidine rings is 1. The number of carbonyl (C=O) groups is 1. The Balaban J connectivity index is 1.46. The van der Waals surface area contributed by atoms with Crippen molar-refractivity contribution in [3.8, 4) is 11.4 Å². The fourth-order valence-corrected chi connectivity index (χ4v) is 4.01. The summed E-state index contributed by atoms with van der Waals surface area (Å²) in [4.78, 5) is 16.2. The van der Waals surface area contributed by atoms with Crippen LogP contribution in [0.5, 0.6) is 0 Å². The van der Waals surface area contributed by atoms with Gasteiger partial charge in [0.1, 0.15) is 6.04 Å². The minimum Gasteiger partial charge on any atom is -0.341 e. The van der Waals surface area contributed by atoms with E-state index in [-0.39, 0.29) is 5.91 Å². The fourth-order valence-electron chi connectivity index (χ4n) is 4.01. The van der Waals surface area contributed by atoms with Crippen LogP contribution >= 0.6 is 0 Å². The van der Waals surface area contributed by atoms with Crippen LogP contribution in [0.25, 0.3) is 11.4 Å². The largest absolute Gasteiger partial charge is 0.341 e. The number of benzene rings is 1. The molecule has 1 aromatic heterocycles. The summed E-state index contributed by atoms with van der Waals surface area (Å²) in [6.45, 7) is 1.84. The molecule has 4 rings (SSSR count). The molecule has 2 saturated heterocycles. The molecule has 0 aliphatic carbocycles. The minimum absolute atomic E-state index is 0.0447. The van der Waals surface area contributed by atoms with Crippen LogP contribution in [0.3, 0.4) is 0 Å². The summed E-state index contributed by atoms with van der Waals surface area (Å²) >= 11 is 0. The number of hydrogen-bond acceptors (Lipinski definition) is 5. The first kappa shape index (κ1) is 16.2. The highest BCUT2D eigenvalue weighted by Crippen LogP contribution is 2.30. The van der Waals surface area contributed by atoms with E-state index in [1.165, 1.54) is 17.6 Å². The molecule has 2 aliphatic heterocycles. The first-order valence-corrected chi connectivity index (χ1v) is 8.99. The summed E-state index contributed by atoms with van der Waals surface area (Å²) in [7, 11) is 1.91. The van der Waals surface area contributed by atoms with Crippen LogP contribution in [0.1, 0.15) is 38.6 Å². The summed E-state index contributed by atoms with van der Waals surface area (Å²) in [6.07, 6.45) is 4.52. The van der Waals surface area contributed by atoms with Gasteiger partial charge in [-0.05, 0) is 37.8 Å². The van der Waals surface area contributed by atoms with Gasteiger partial charge in [0.15, 0.2) is 0 Å². The maximum absolute atomic E-state index is 12.9. The van der Waals surface area contributed by atoms with E-state index in [4.69, 9.17) is 0 Å². The molecule has 2 aromatic rings. The van der Waals surface area contributed by atoms with Crippen molar-refractivity contribution in [3.63, 3.8) is 0 Å². The standard InChI is InChI=1S/C18H24N6O/c1-12(24-21-17(20-22-24)13-6-4-3-5-7-13)18(25)23(2)16-10-14-8-9-15(11-16)19-14/h3-7,12,14-16,19H,8-11H2,1-2H3. The molecule has 3 atom stereocenters. The second-order valence-electron chi connectivity index (χ2n) is 7.19. The highest BCUT2D eigenvalue weighted by molar-refractivity contribution is 5.80. The zero-order valence-corrected chi connectivity index (χ0v) is 14.7. The van der Waals surface area contributed by atoms with Gasteiger partial charge in [-0.15, -0.1) is 10.2 Å². The van der Waals surface area contributed by atoms with Crippen LogP contribution in [0.15, 0.2) is 30.3 Å². The van der Waals surface area contributed by atoms with Crippen LogP contribution in [0.4, 0.5) is 0 Å². The van der Waals surface area contributed by atoms with Gasteiger partial charge in [-0.1, -0.05) is 30.3 Å². The van der Waals surface area contributed by atoms with Crippen molar-refractivity contribution in [2.45, 2.75) is 56.8 Å². The molecule has 1 N–H and O–H groups in total. The Morgan fingerprint density at radius 2 is 1.92 bits per heavy atom. The van der Waals surface area contributed by atoms with E-state index in [1.807, 2.05) is 49.2 Å². The number of rotatable bonds is 4. The number of carbonyl (C=O) groups excluding carboxylic acids is 1. The van der Waals surface area contributed by atoms with Crippen LogP contribution in [0.2, 0.25) is 0 Å². The molecule has 2 aliphatic rings. The van der Waals surface area contributed by atoms with Crippen molar-refractivity contribution < 1.29 is 4.79 Å². The predicted octanol–water partition coefficient (Wildman–Crippen LogP) is 1.64. The van der Waals surface area contributed by atoms with Gasteiger partial charge in [-0.25, -0.2) is 0 Å². The van der Waals surface area contributed by atoms with Crippen molar-refractivity contribution in [3.05, 3.63) is 30.3 Å². The van der Waals surface area contributed by atoms with E-state index in [2.05, 4.69) is 20.7 Å². The van der Waals surface area contributed by atoms with Gasteiger partial charge in [-0.3, -0.25) is 4.79 Å². The highest BCUT2D eigenvalue weighted by Gasteiger charge is 2.37. The number of fused-ring (bicyclic) bond motifs is 2. The predicted molar refractivity (Wildman–Crippen MR) is 93.7 cm³/mol. The monoisotopic (exact) mass is 340 g/mol. The summed E-state index contributed by atoms with van der Waals surface area (Å²) in [5.74, 6) is 0.589. The second-order valence-corrected chi connectivity index (χ2v) is 7.19. The van der Waals surface area contributed by atoms with Crippen LogP contribution < -0.4 is 5.32 Å². The molecule has 7 heteroatoms. The Kier molecular flexibility index (Phi) is 4.25. The zero-order chi connectivity index (χ0) is 17.4. The highest BCUT2D eigenvalue weighted by atomic mass is 16.2. The van der Waals surface area contributed by atoms with Gasteiger partial charge in [0.05, 0.1) is 0 Å². The van der Waals surface area contributed by atoms with E-state index >= 15 is 0 Å². The Hall–Kier alpha value is -2.28. The molecule has 1 amide bonds. The first-order valence-electron chi connectivity index (χ1n) is 8.99. The van der Waals surface area contributed by atoms with Gasteiger partial charge in [0.25, 0.3) is 0 Å². The fraction of sp³-hybridized carbons (Fsp3) is 0.556. The summed E-state index contributed by atoms with van der Waals surface area (Å²) < 4.78 is 0. The molecule has 3 unspecified atom stereocenters. The second kappa shape index (κ2) is 6.55. The lowest BCUT2D eigenvalue weighted by atomic mass is 9.98. The lowest BCUT2D eigenvalue weighted by Gasteiger charge is -2.36. The third kappa shape index (κ3) is 3.16. The third-order valence-corrected chi connectivity index (χ3v) is 5.51. The number of nitrogens with zero attached hydrogens (tertiary/aromatic N) is 5. The number of nitrogens with one attached hydrogen (secondary N) is 1. The van der Waals surface area contributed by atoms with Gasteiger partial charge < -0.3 is 10.2 Å². The quantitative estimate of drug-likeness (QED) is 0.916. The van der Waals surface area contributed by atoms with E-state index in [1.54, 1.807) is 0 Å². The molecule has 0 radical (unpaired) electrons. The van der Waals surface area contributed by atoms with Gasteiger partial charge in [0.2, 0.25) is 11.7 Å². The van der Waals surface area contributed by atoms with E-state index < -0.39 is 6.04 Å². The molecule has 1 aromatic carbocycles. The number of tetrazole rings is 1. The number of hydrogen-bond donors (Lipinski definition) is 1. The molecule has 2 fully saturated rings. The van der Waals surface area contributed by atoms with Crippen molar-refractivity contribution in [1.29, 1.82) is 0 Å². The third-order valence-electron chi connectivity index (χ3n) is 5.51. The number of likely N-dealkylation sites (N-methyl/N-ethyl adjacent to an activating group) is 1. The molecule has 0 spiro atoms. The molecule has 0 saturated carbocycles. The van der Waals surface area contributed by atoms with Crippen molar-refractivity contribution >= 4 is 5.91 Å². The topological polar surface area (TPSA) is 75.9 Å². The van der Waals surface area contributed by atoms with Gasteiger partial charge >= 0.3 is 0 Å². The number of amides is 1. The molecule has 2 bridgehead atoms. The summed E-state index contributed by atoms with van der Waals surface area (Å²) in [5.41, 5.74) is 0.900. The molecule has 132 valence electrons. The molecular weight excluding hydrogens is 316 g/mol. The minimum atomic E-state index is -0.456. The zero-order valence-electron chi connectivity index (χ0n) is 14.7. The Morgan fingerprint density at radius 1 is 1.24 bits per heavy atom. The average Bonchev–Trinajstić information content (AvgIpc) is 3.27. The average molecular weight is 340 g/mol. The normalized spacial score (nSPS) is 26.4. The lowest BCUT2D eigenvalue weighted by molar-refractivity contribution is -0.136.